The normalized spacial score (nSPS) is 15.3. The van der Waals surface area contributed by atoms with E-state index in [2.05, 4.69) is 54.6 Å². The van der Waals surface area contributed by atoms with E-state index in [0.29, 0.717) is 38.0 Å². The molecule has 6 heteroatoms. The van der Waals surface area contributed by atoms with Crippen LogP contribution in [0.1, 0.15) is 48.4 Å². The van der Waals surface area contributed by atoms with E-state index in [0.717, 1.165) is 12.2 Å². The average Bonchev–Trinajstić information content (AvgIpc) is 3.09. The van der Waals surface area contributed by atoms with Crippen LogP contribution in [0.2, 0.25) is 0 Å². The van der Waals surface area contributed by atoms with Crippen molar-refractivity contribution in [1.29, 1.82) is 0 Å². The molecule has 1 aromatic heterocycles. The zero-order valence-electron chi connectivity index (χ0n) is 20.4. The molecule has 1 aliphatic heterocycles. The molecule has 1 fully saturated rings. The van der Waals surface area contributed by atoms with Crippen LogP contribution >= 0.6 is 0 Å². The Kier molecular flexibility index (Phi) is 7.44. The fourth-order valence-corrected chi connectivity index (χ4v) is 4.74. The molecule has 2 heterocycles. The number of hydrogen-bond donors (Lipinski definition) is 1. The first-order valence-corrected chi connectivity index (χ1v) is 11.5. The monoisotopic (exact) mass is 438 g/mol. The molecule has 174 valence electrons. The van der Waals surface area contributed by atoms with Gasteiger partial charge in [0.05, 0.1) is 0 Å². The molecule has 0 unspecified atom stereocenters. The maximum atomic E-state index is 13.0. The molecule has 1 aliphatic rings. The summed E-state index contributed by atoms with van der Waals surface area (Å²) in [6.07, 6.45) is 1.43. The van der Waals surface area contributed by atoms with E-state index < -0.39 is 0 Å². The highest BCUT2D eigenvalue weighted by Crippen LogP contribution is 2.22. The van der Waals surface area contributed by atoms with Crippen LogP contribution in [0.15, 0.2) is 36.4 Å². The van der Waals surface area contributed by atoms with Gasteiger partial charge in [0.15, 0.2) is 0 Å². The van der Waals surface area contributed by atoms with Crippen LogP contribution < -0.4 is 5.32 Å². The van der Waals surface area contributed by atoms with Gasteiger partial charge in [-0.25, -0.2) is 0 Å². The number of rotatable bonds is 7. The predicted molar refractivity (Wildman–Crippen MR) is 129 cm³/mol. The molecule has 0 radical (unpaired) electrons. The van der Waals surface area contributed by atoms with Gasteiger partial charge in [-0.3, -0.25) is 9.59 Å². The van der Waals surface area contributed by atoms with E-state index in [4.69, 9.17) is 0 Å². The molecule has 1 N–H and O–H groups in total. The number of nitrogens with one attached hydrogen (secondary N) is 1. The summed E-state index contributed by atoms with van der Waals surface area (Å²) in [7, 11) is 4.10. The Bertz CT molecular complexity index is 916. The number of amides is 2. The third kappa shape index (κ3) is 5.80. The number of carbonyl (C=O) groups excluding carboxylic acids is 2. The van der Waals surface area contributed by atoms with Crippen molar-refractivity contribution in [2.75, 3.05) is 40.3 Å². The number of hydrogen-bond acceptors (Lipinski definition) is 3. The van der Waals surface area contributed by atoms with E-state index in [-0.39, 0.29) is 23.1 Å². The Hall–Kier alpha value is -2.60. The molecule has 0 spiro atoms. The Balaban J connectivity index is 1.52. The first-order valence-electron chi connectivity index (χ1n) is 11.5. The molecule has 6 nitrogen and oxygen atoms in total. The molecule has 0 aliphatic carbocycles. The van der Waals surface area contributed by atoms with Crippen molar-refractivity contribution < 1.29 is 9.59 Å². The lowest BCUT2D eigenvalue weighted by Crippen LogP contribution is -2.46. The SMILES string of the molecule is Cc1ccc(C)n1-c1ccc(C(=O)N2CCC(C(=O)NCC(C)(C)CN(C)C)CC2)cc1. The summed E-state index contributed by atoms with van der Waals surface area (Å²) in [6, 6.07) is 12.0. The molecule has 0 saturated carbocycles. The highest BCUT2D eigenvalue weighted by molar-refractivity contribution is 5.94. The second kappa shape index (κ2) is 9.90. The molecule has 2 amide bonds. The van der Waals surface area contributed by atoms with Gasteiger partial charge in [-0.15, -0.1) is 0 Å². The second-order valence-corrected chi connectivity index (χ2v) is 10.2. The van der Waals surface area contributed by atoms with Gasteiger partial charge in [0, 0.05) is 54.7 Å². The second-order valence-electron chi connectivity index (χ2n) is 10.2. The van der Waals surface area contributed by atoms with E-state index in [1.165, 1.54) is 11.4 Å². The van der Waals surface area contributed by atoms with Crippen molar-refractivity contribution in [3.05, 3.63) is 53.3 Å². The topological polar surface area (TPSA) is 57.6 Å². The number of benzene rings is 1. The minimum Gasteiger partial charge on any atom is -0.355 e. The molecule has 32 heavy (non-hydrogen) atoms. The molecule has 0 bridgehead atoms. The van der Waals surface area contributed by atoms with Crippen molar-refractivity contribution in [2.24, 2.45) is 11.3 Å². The van der Waals surface area contributed by atoms with Gasteiger partial charge in [0.2, 0.25) is 5.91 Å². The standard InChI is InChI=1S/C26H38N4O2/c1-19-7-8-20(2)30(19)23-11-9-22(10-12-23)25(32)29-15-13-21(14-16-29)24(31)27-17-26(3,4)18-28(5)6/h7-12,21H,13-18H2,1-6H3,(H,27,31). The molecule has 1 saturated heterocycles. The van der Waals surface area contributed by atoms with Gasteiger partial charge in [-0.1, -0.05) is 13.8 Å². The quantitative estimate of drug-likeness (QED) is 0.718. The van der Waals surface area contributed by atoms with Crippen molar-refractivity contribution >= 4 is 11.8 Å². The third-order valence-corrected chi connectivity index (χ3v) is 6.28. The summed E-state index contributed by atoms with van der Waals surface area (Å²) >= 11 is 0. The molecule has 2 aromatic rings. The van der Waals surface area contributed by atoms with Gasteiger partial charge in [-0.2, -0.15) is 0 Å². The number of aryl methyl sites for hydroxylation is 2. The van der Waals surface area contributed by atoms with Crippen LogP contribution in [0.4, 0.5) is 0 Å². The van der Waals surface area contributed by atoms with Crippen molar-refractivity contribution in [2.45, 2.75) is 40.5 Å². The third-order valence-electron chi connectivity index (χ3n) is 6.28. The summed E-state index contributed by atoms with van der Waals surface area (Å²) in [5.41, 5.74) is 4.14. The van der Waals surface area contributed by atoms with Gasteiger partial charge < -0.3 is 19.7 Å². The molecule has 3 rings (SSSR count). The van der Waals surface area contributed by atoms with Crippen LogP contribution in [0.3, 0.4) is 0 Å². The fourth-order valence-electron chi connectivity index (χ4n) is 4.74. The fraction of sp³-hybridized carbons (Fsp3) is 0.538. The number of piperidine rings is 1. The lowest BCUT2D eigenvalue weighted by molar-refractivity contribution is -0.126. The zero-order valence-corrected chi connectivity index (χ0v) is 20.4. The number of nitrogens with zero attached hydrogens (tertiary/aromatic N) is 3. The van der Waals surface area contributed by atoms with Crippen LogP contribution in [-0.4, -0.2) is 66.5 Å². The summed E-state index contributed by atoms with van der Waals surface area (Å²) in [4.78, 5) is 29.7. The Morgan fingerprint density at radius 3 is 2.09 bits per heavy atom. The summed E-state index contributed by atoms with van der Waals surface area (Å²) < 4.78 is 2.18. The minimum absolute atomic E-state index is 0.0173. The molecular formula is C26H38N4O2. The number of aromatic nitrogens is 1. The van der Waals surface area contributed by atoms with Gasteiger partial charge >= 0.3 is 0 Å². The smallest absolute Gasteiger partial charge is 0.253 e. The molecule has 0 atom stereocenters. The van der Waals surface area contributed by atoms with Crippen LogP contribution in [0.5, 0.6) is 0 Å². The van der Waals surface area contributed by atoms with Gasteiger partial charge in [-0.05, 0) is 82.6 Å². The maximum Gasteiger partial charge on any atom is 0.253 e. The molecular weight excluding hydrogens is 400 g/mol. The predicted octanol–water partition coefficient (Wildman–Crippen LogP) is 3.65. The highest BCUT2D eigenvalue weighted by Gasteiger charge is 2.29. The van der Waals surface area contributed by atoms with Crippen LogP contribution in [0, 0.1) is 25.2 Å². The van der Waals surface area contributed by atoms with E-state index in [9.17, 15) is 9.59 Å². The minimum atomic E-state index is -0.0173. The van der Waals surface area contributed by atoms with Crippen molar-refractivity contribution in [3.8, 4) is 5.69 Å². The Labute approximate surface area is 192 Å². The Morgan fingerprint density at radius 1 is 1.00 bits per heavy atom. The lowest BCUT2D eigenvalue weighted by Gasteiger charge is -2.33. The van der Waals surface area contributed by atoms with E-state index in [1.807, 2.05) is 43.3 Å². The molecule has 1 aromatic carbocycles. The largest absolute Gasteiger partial charge is 0.355 e. The summed E-state index contributed by atoms with van der Waals surface area (Å²) in [6.45, 7) is 11.3. The zero-order chi connectivity index (χ0) is 23.5. The highest BCUT2D eigenvalue weighted by atomic mass is 16.2. The van der Waals surface area contributed by atoms with Gasteiger partial charge in [0.1, 0.15) is 0 Å². The van der Waals surface area contributed by atoms with E-state index >= 15 is 0 Å². The first-order chi connectivity index (χ1) is 15.1. The lowest BCUT2D eigenvalue weighted by atomic mass is 9.91. The number of carbonyl (C=O) groups is 2. The first kappa shape index (κ1) is 24.1. The van der Waals surface area contributed by atoms with Crippen LogP contribution in [-0.2, 0) is 4.79 Å². The average molecular weight is 439 g/mol. The Morgan fingerprint density at radius 2 is 1.56 bits per heavy atom. The van der Waals surface area contributed by atoms with Crippen LogP contribution in [0.25, 0.3) is 5.69 Å². The summed E-state index contributed by atoms with van der Waals surface area (Å²) in [5.74, 6) is 0.144. The van der Waals surface area contributed by atoms with Gasteiger partial charge in [0.25, 0.3) is 5.91 Å². The number of likely N-dealkylation sites (tertiary alicyclic amines) is 1. The van der Waals surface area contributed by atoms with E-state index in [1.54, 1.807) is 0 Å². The van der Waals surface area contributed by atoms with Crippen molar-refractivity contribution in [3.63, 3.8) is 0 Å². The van der Waals surface area contributed by atoms with Crippen molar-refractivity contribution in [1.82, 2.24) is 19.7 Å². The summed E-state index contributed by atoms with van der Waals surface area (Å²) in [5, 5.41) is 3.13. The maximum absolute atomic E-state index is 13.0.